The topological polar surface area (TPSA) is 97.0 Å². The molecule has 182 valence electrons. The molecule has 0 radical (unpaired) electrons. The van der Waals surface area contributed by atoms with Crippen LogP contribution >= 0.6 is 23.2 Å². The quantitative estimate of drug-likeness (QED) is 0.273. The third-order valence-electron chi connectivity index (χ3n) is 5.47. The first-order chi connectivity index (χ1) is 17.5. The summed E-state index contributed by atoms with van der Waals surface area (Å²) in [6.07, 6.45) is 4.72. The first kappa shape index (κ1) is 23.8. The van der Waals surface area contributed by atoms with Crippen molar-refractivity contribution < 1.29 is 14.3 Å². The second kappa shape index (κ2) is 9.96. The first-order valence-electron chi connectivity index (χ1n) is 11.0. The van der Waals surface area contributed by atoms with E-state index in [0.29, 0.717) is 26.6 Å². The molecule has 3 heterocycles. The van der Waals surface area contributed by atoms with E-state index in [0.717, 1.165) is 11.1 Å². The van der Waals surface area contributed by atoms with Crippen LogP contribution in [0.15, 0.2) is 67.1 Å². The summed E-state index contributed by atoms with van der Waals surface area (Å²) in [7, 11) is 1.51. The van der Waals surface area contributed by atoms with Crippen molar-refractivity contribution >= 4 is 40.2 Å². The maximum Gasteiger partial charge on any atom is 0.341 e. The Morgan fingerprint density at radius 2 is 1.61 bits per heavy atom. The van der Waals surface area contributed by atoms with Gasteiger partial charge < -0.3 is 9.47 Å². The molecule has 0 N–H and O–H groups in total. The summed E-state index contributed by atoms with van der Waals surface area (Å²) in [6, 6.07) is 14.8. The van der Waals surface area contributed by atoms with E-state index in [9.17, 15) is 4.79 Å². The summed E-state index contributed by atoms with van der Waals surface area (Å²) in [5, 5.41) is 10.3. The summed E-state index contributed by atoms with van der Waals surface area (Å²) < 4.78 is 13.7. The highest BCUT2D eigenvalue weighted by molar-refractivity contribution is 6.30. The molecule has 0 aliphatic heterocycles. The third kappa shape index (κ3) is 4.62. The molecule has 3 aromatic heterocycles. The van der Waals surface area contributed by atoms with Crippen molar-refractivity contribution in [1.29, 1.82) is 0 Å². The molecule has 36 heavy (non-hydrogen) atoms. The molecule has 0 saturated heterocycles. The lowest BCUT2D eigenvalue weighted by Gasteiger charge is -2.19. The molecule has 0 amide bonds. The van der Waals surface area contributed by atoms with Crippen LogP contribution in [-0.2, 0) is 4.74 Å². The maximum atomic E-state index is 12.0. The van der Waals surface area contributed by atoms with E-state index in [1.54, 1.807) is 11.6 Å². The normalized spacial score (nSPS) is 11.2. The summed E-state index contributed by atoms with van der Waals surface area (Å²) in [5.74, 6) is 0.0234. The Morgan fingerprint density at radius 3 is 2.19 bits per heavy atom. The van der Waals surface area contributed by atoms with Gasteiger partial charge in [0, 0.05) is 16.2 Å². The minimum Gasteiger partial charge on any atom is -0.479 e. The number of benzene rings is 2. The van der Waals surface area contributed by atoms with Gasteiger partial charge in [-0.25, -0.2) is 14.5 Å². The largest absolute Gasteiger partial charge is 0.479 e. The van der Waals surface area contributed by atoms with E-state index in [4.69, 9.17) is 37.8 Å². The van der Waals surface area contributed by atoms with Gasteiger partial charge in [-0.1, -0.05) is 47.5 Å². The van der Waals surface area contributed by atoms with E-state index in [1.165, 1.54) is 24.2 Å². The highest BCUT2D eigenvalue weighted by Gasteiger charge is 2.22. The van der Waals surface area contributed by atoms with Crippen molar-refractivity contribution in [2.45, 2.75) is 13.0 Å². The molecule has 0 atom stereocenters. The van der Waals surface area contributed by atoms with E-state index >= 15 is 0 Å². The Balaban J connectivity index is 1.61. The molecule has 5 aromatic rings. The number of carbonyl (C=O) groups excluding carboxylic acids is 1. The van der Waals surface area contributed by atoms with E-state index < -0.39 is 5.97 Å². The van der Waals surface area contributed by atoms with Crippen molar-refractivity contribution in [1.82, 2.24) is 29.5 Å². The second-order valence-electron chi connectivity index (χ2n) is 7.78. The van der Waals surface area contributed by atoms with Crippen molar-refractivity contribution in [3.63, 3.8) is 0 Å². The van der Waals surface area contributed by atoms with Gasteiger partial charge in [-0.15, -0.1) is 0 Å². The van der Waals surface area contributed by atoms with Gasteiger partial charge in [0.25, 0.3) is 5.95 Å². The lowest BCUT2D eigenvalue weighted by Crippen LogP contribution is -2.12. The molecule has 5 rings (SSSR count). The van der Waals surface area contributed by atoms with Gasteiger partial charge >= 0.3 is 5.97 Å². The standard InChI is InChI=1S/C25H20Cl2N6O3/c1-3-36-24(34)17-12-28-33(13-17)25-29-20-14-32(31-21(20)23(30-25)35-2)22(15-4-8-18(26)9-5-15)16-6-10-19(27)11-7-16/h4-14,22H,3H2,1-2H3. The molecular formula is C25H20Cl2N6O3. The van der Waals surface area contributed by atoms with Gasteiger partial charge in [0.05, 0.1) is 31.7 Å². The Kier molecular flexibility index (Phi) is 6.58. The van der Waals surface area contributed by atoms with Crippen LogP contribution in [0, 0.1) is 0 Å². The van der Waals surface area contributed by atoms with E-state index in [-0.39, 0.29) is 24.5 Å². The monoisotopic (exact) mass is 522 g/mol. The van der Waals surface area contributed by atoms with Crippen LogP contribution in [0.5, 0.6) is 5.88 Å². The molecule has 0 aliphatic rings. The van der Waals surface area contributed by atoms with Gasteiger partial charge in [0.2, 0.25) is 5.88 Å². The zero-order chi connectivity index (χ0) is 25.2. The molecule has 0 aliphatic carbocycles. The number of ether oxygens (including phenoxy) is 2. The predicted molar refractivity (Wildman–Crippen MR) is 135 cm³/mol. The summed E-state index contributed by atoms with van der Waals surface area (Å²) in [4.78, 5) is 21.1. The number of hydrogen-bond donors (Lipinski definition) is 0. The van der Waals surface area contributed by atoms with Crippen molar-refractivity contribution in [2.75, 3.05) is 13.7 Å². The lowest BCUT2D eigenvalue weighted by molar-refractivity contribution is 0.0526. The van der Waals surface area contributed by atoms with E-state index in [1.807, 2.05) is 54.7 Å². The average molecular weight is 523 g/mol. The van der Waals surface area contributed by atoms with Crippen molar-refractivity contribution in [3.05, 3.63) is 93.9 Å². The predicted octanol–water partition coefficient (Wildman–Crippen LogP) is 5.14. The highest BCUT2D eigenvalue weighted by Crippen LogP contribution is 2.31. The number of halogens is 2. The number of nitrogens with zero attached hydrogens (tertiary/aromatic N) is 6. The molecule has 2 aromatic carbocycles. The zero-order valence-corrected chi connectivity index (χ0v) is 20.8. The molecule has 0 bridgehead atoms. The number of hydrogen-bond acceptors (Lipinski definition) is 7. The first-order valence-corrected chi connectivity index (χ1v) is 11.8. The van der Waals surface area contributed by atoms with Gasteiger partial charge in [-0.2, -0.15) is 15.2 Å². The van der Waals surface area contributed by atoms with Crippen molar-refractivity contribution in [3.8, 4) is 11.8 Å². The van der Waals surface area contributed by atoms with Crippen LogP contribution in [-0.4, -0.2) is 49.2 Å². The van der Waals surface area contributed by atoms with Crippen LogP contribution in [0.25, 0.3) is 17.0 Å². The van der Waals surface area contributed by atoms with Crippen LogP contribution < -0.4 is 4.74 Å². The Morgan fingerprint density at radius 1 is 0.972 bits per heavy atom. The number of esters is 1. The smallest absolute Gasteiger partial charge is 0.341 e. The van der Waals surface area contributed by atoms with Crippen LogP contribution in [0.2, 0.25) is 10.0 Å². The minimum atomic E-state index is -0.474. The fraction of sp³-hybridized carbons (Fsp3) is 0.160. The fourth-order valence-corrected chi connectivity index (χ4v) is 4.06. The Hall–Kier alpha value is -3.95. The molecule has 9 nitrogen and oxygen atoms in total. The molecule has 11 heteroatoms. The number of fused-ring (bicyclic) bond motifs is 1. The lowest BCUT2D eigenvalue weighted by atomic mass is 9.99. The third-order valence-corrected chi connectivity index (χ3v) is 5.97. The number of methoxy groups -OCH3 is 1. The fourth-order valence-electron chi connectivity index (χ4n) is 3.81. The number of carbonyl (C=O) groups is 1. The van der Waals surface area contributed by atoms with Gasteiger partial charge in [0.15, 0.2) is 5.52 Å². The summed E-state index contributed by atoms with van der Waals surface area (Å²) >= 11 is 12.3. The average Bonchev–Trinajstić information content (AvgIpc) is 3.54. The minimum absolute atomic E-state index is 0.226. The Bertz CT molecular complexity index is 1480. The molecular weight excluding hydrogens is 503 g/mol. The maximum absolute atomic E-state index is 12.0. The molecule has 0 fully saturated rings. The van der Waals surface area contributed by atoms with Gasteiger partial charge in [0.1, 0.15) is 11.6 Å². The summed E-state index contributed by atoms with van der Waals surface area (Å²) in [5.41, 5.74) is 3.24. The highest BCUT2D eigenvalue weighted by atomic mass is 35.5. The summed E-state index contributed by atoms with van der Waals surface area (Å²) in [6.45, 7) is 2.01. The van der Waals surface area contributed by atoms with Crippen LogP contribution in [0.4, 0.5) is 0 Å². The second-order valence-corrected chi connectivity index (χ2v) is 8.65. The molecule has 0 saturated carbocycles. The van der Waals surface area contributed by atoms with Gasteiger partial charge in [-0.05, 0) is 42.3 Å². The molecule has 0 unspecified atom stereocenters. The number of aromatic nitrogens is 6. The number of rotatable bonds is 7. The van der Waals surface area contributed by atoms with Crippen LogP contribution in [0.3, 0.4) is 0 Å². The van der Waals surface area contributed by atoms with Crippen molar-refractivity contribution in [2.24, 2.45) is 0 Å². The van der Waals surface area contributed by atoms with Gasteiger partial charge in [-0.3, -0.25) is 4.68 Å². The van der Waals surface area contributed by atoms with Crippen LogP contribution in [0.1, 0.15) is 34.5 Å². The molecule has 0 spiro atoms. The Labute approximate surface area is 216 Å². The van der Waals surface area contributed by atoms with E-state index in [2.05, 4.69) is 15.1 Å². The SMILES string of the molecule is CCOC(=O)c1cnn(-c2nc(OC)c3nn(C(c4ccc(Cl)cc4)c4ccc(Cl)cc4)cc3n2)c1. The zero-order valence-electron chi connectivity index (χ0n) is 19.3.